The molecule has 0 bridgehead atoms. The van der Waals surface area contributed by atoms with E-state index < -0.39 is 6.03 Å². The summed E-state index contributed by atoms with van der Waals surface area (Å²) in [6.07, 6.45) is 1.67. The maximum atomic E-state index is 13.0. The van der Waals surface area contributed by atoms with Gasteiger partial charge in [0.25, 0.3) is 5.91 Å². The summed E-state index contributed by atoms with van der Waals surface area (Å²) in [6.45, 7) is 1.83. The normalized spacial score (nSPS) is 10.6. The minimum absolute atomic E-state index is 0.336. The van der Waals surface area contributed by atoms with Crippen molar-refractivity contribution in [3.63, 3.8) is 0 Å². The molecule has 0 atom stereocenters. The molecular formula is C22H19N5O3. The van der Waals surface area contributed by atoms with Crippen LogP contribution in [0.5, 0.6) is 0 Å². The van der Waals surface area contributed by atoms with Crippen LogP contribution in [0.25, 0.3) is 17.1 Å². The van der Waals surface area contributed by atoms with Gasteiger partial charge in [-0.25, -0.2) is 9.48 Å². The fraction of sp³-hybridized carbons (Fsp3) is 0.0455. The van der Waals surface area contributed by atoms with E-state index in [1.54, 1.807) is 41.2 Å². The molecule has 0 aliphatic rings. The van der Waals surface area contributed by atoms with E-state index in [2.05, 4.69) is 15.7 Å². The summed E-state index contributed by atoms with van der Waals surface area (Å²) in [5.41, 5.74) is 7.83. The van der Waals surface area contributed by atoms with Crippen LogP contribution in [0.3, 0.4) is 0 Å². The molecule has 30 heavy (non-hydrogen) atoms. The van der Waals surface area contributed by atoms with E-state index >= 15 is 0 Å². The Hall–Kier alpha value is -4.33. The fourth-order valence-electron chi connectivity index (χ4n) is 2.97. The van der Waals surface area contributed by atoms with Gasteiger partial charge in [0.05, 0.1) is 11.3 Å². The number of primary amides is 1. The number of carbonyl (C=O) groups is 2. The number of aryl methyl sites for hydroxylation is 1. The third-order valence-electron chi connectivity index (χ3n) is 4.36. The van der Waals surface area contributed by atoms with Crippen LogP contribution in [-0.2, 0) is 0 Å². The van der Waals surface area contributed by atoms with Gasteiger partial charge < -0.3 is 20.8 Å². The Bertz CT molecular complexity index is 1190. The van der Waals surface area contributed by atoms with Gasteiger partial charge in [-0.3, -0.25) is 4.79 Å². The largest absolute Gasteiger partial charge is 0.460 e. The summed E-state index contributed by atoms with van der Waals surface area (Å²) < 4.78 is 7.35. The number of nitrogens with one attached hydrogen (secondary N) is 2. The first-order valence-corrected chi connectivity index (χ1v) is 9.19. The molecular weight excluding hydrogens is 382 g/mol. The molecule has 8 heteroatoms. The topological polar surface area (TPSA) is 115 Å². The number of amides is 3. The van der Waals surface area contributed by atoms with Gasteiger partial charge in [-0.15, -0.1) is 0 Å². The second kappa shape index (κ2) is 7.96. The summed E-state index contributed by atoms with van der Waals surface area (Å²) in [7, 11) is 0. The standard InChI is InChI=1S/C22H19N5O3/c1-14-7-12-19(30-14)20-18(13-27(26-20)17-5-3-2-4-6-17)21(28)24-15-8-10-16(11-9-15)25-22(23)29/h2-13H,1H3,(H,24,28)(H3,23,25,29). The average Bonchev–Trinajstić information content (AvgIpc) is 3.36. The maximum Gasteiger partial charge on any atom is 0.316 e. The average molecular weight is 401 g/mol. The van der Waals surface area contributed by atoms with Crippen molar-refractivity contribution in [3.8, 4) is 17.1 Å². The number of urea groups is 1. The maximum absolute atomic E-state index is 13.0. The zero-order valence-corrected chi connectivity index (χ0v) is 16.1. The fourth-order valence-corrected chi connectivity index (χ4v) is 2.97. The smallest absolute Gasteiger partial charge is 0.316 e. The number of aromatic nitrogens is 2. The molecule has 4 rings (SSSR count). The Kier molecular flexibility index (Phi) is 5.04. The molecule has 3 amide bonds. The number of para-hydroxylation sites is 1. The third kappa shape index (κ3) is 4.07. The molecule has 0 spiro atoms. The Labute approximate surface area is 172 Å². The number of benzene rings is 2. The number of hydrogen-bond donors (Lipinski definition) is 3. The van der Waals surface area contributed by atoms with Gasteiger partial charge in [-0.2, -0.15) is 5.10 Å². The number of carbonyl (C=O) groups excluding carboxylic acids is 2. The second-order valence-corrected chi connectivity index (χ2v) is 6.60. The molecule has 0 aliphatic heterocycles. The highest BCUT2D eigenvalue weighted by molar-refractivity contribution is 6.08. The molecule has 8 nitrogen and oxygen atoms in total. The highest BCUT2D eigenvalue weighted by Crippen LogP contribution is 2.26. The van der Waals surface area contributed by atoms with Crippen LogP contribution in [0.1, 0.15) is 16.1 Å². The van der Waals surface area contributed by atoms with Crippen molar-refractivity contribution in [3.05, 3.63) is 84.3 Å². The van der Waals surface area contributed by atoms with Gasteiger partial charge in [0.1, 0.15) is 11.5 Å². The third-order valence-corrected chi connectivity index (χ3v) is 4.36. The van der Waals surface area contributed by atoms with Crippen molar-refractivity contribution < 1.29 is 14.0 Å². The number of nitrogens with zero attached hydrogens (tertiary/aromatic N) is 2. The van der Waals surface area contributed by atoms with Crippen molar-refractivity contribution in [2.45, 2.75) is 6.92 Å². The minimum Gasteiger partial charge on any atom is -0.460 e. The highest BCUT2D eigenvalue weighted by atomic mass is 16.3. The summed E-state index contributed by atoms with van der Waals surface area (Å²) in [5, 5.41) is 9.89. The van der Waals surface area contributed by atoms with Crippen LogP contribution in [0.4, 0.5) is 16.2 Å². The summed E-state index contributed by atoms with van der Waals surface area (Å²) in [5.74, 6) is 0.897. The van der Waals surface area contributed by atoms with E-state index in [9.17, 15) is 9.59 Å². The lowest BCUT2D eigenvalue weighted by Crippen LogP contribution is -2.19. The van der Waals surface area contributed by atoms with Crippen molar-refractivity contribution in [2.24, 2.45) is 5.73 Å². The quantitative estimate of drug-likeness (QED) is 0.465. The molecule has 2 aromatic heterocycles. The number of anilines is 2. The van der Waals surface area contributed by atoms with E-state index in [-0.39, 0.29) is 5.91 Å². The van der Waals surface area contributed by atoms with Gasteiger partial charge in [-0.05, 0) is 55.5 Å². The van der Waals surface area contributed by atoms with Gasteiger partial charge >= 0.3 is 6.03 Å². The van der Waals surface area contributed by atoms with E-state index in [4.69, 9.17) is 10.2 Å². The van der Waals surface area contributed by atoms with Crippen molar-refractivity contribution in [2.75, 3.05) is 10.6 Å². The number of nitrogens with two attached hydrogens (primary N) is 1. The summed E-state index contributed by atoms with van der Waals surface area (Å²) in [4.78, 5) is 24.0. The van der Waals surface area contributed by atoms with Gasteiger partial charge in [0.15, 0.2) is 5.76 Å². The van der Waals surface area contributed by atoms with E-state index in [0.717, 1.165) is 11.4 Å². The van der Waals surface area contributed by atoms with Crippen molar-refractivity contribution in [1.82, 2.24) is 9.78 Å². The van der Waals surface area contributed by atoms with Crippen LogP contribution < -0.4 is 16.4 Å². The van der Waals surface area contributed by atoms with Crippen LogP contribution >= 0.6 is 0 Å². The molecule has 2 aromatic carbocycles. The van der Waals surface area contributed by atoms with Gasteiger partial charge in [-0.1, -0.05) is 18.2 Å². The minimum atomic E-state index is -0.654. The van der Waals surface area contributed by atoms with Gasteiger partial charge in [0.2, 0.25) is 0 Å². The first-order valence-electron chi connectivity index (χ1n) is 9.19. The van der Waals surface area contributed by atoms with E-state index in [1.165, 1.54) is 0 Å². The predicted octanol–water partition coefficient (Wildman–Crippen LogP) is 4.18. The van der Waals surface area contributed by atoms with Crippen LogP contribution in [0, 0.1) is 6.92 Å². The lowest BCUT2D eigenvalue weighted by atomic mass is 10.2. The molecule has 4 aromatic rings. The van der Waals surface area contributed by atoms with Crippen LogP contribution in [0.15, 0.2) is 77.3 Å². The Balaban J connectivity index is 1.65. The van der Waals surface area contributed by atoms with Crippen LogP contribution in [-0.4, -0.2) is 21.7 Å². The van der Waals surface area contributed by atoms with Crippen molar-refractivity contribution in [1.29, 1.82) is 0 Å². The highest BCUT2D eigenvalue weighted by Gasteiger charge is 2.21. The zero-order valence-electron chi connectivity index (χ0n) is 16.1. The Morgan fingerprint density at radius 2 is 1.60 bits per heavy atom. The zero-order chi connectivity index (χ0) is 21.1. The molecule has 0 aliphatic carbocycles. The number of hydrogen-bond acceptors (Lipinski definition) is 4. The predicted molar refractivity (Wildman–Crippen MR) is 114 cm³/mol. The number of rotatable bonds is 5. The van der Waals surface area contributed by atoms with Gasteiger partial charge in [0, 0.05) is 17.6 Å². The SMILES string of the molecule is Cc1ccc(-c2nn(-c3ccccc3)cc2C(=O)Nc2ccc(NC(N)=O)cc2)o1. The Morgan fingerprint density at radius 1 is 0.933 bits per heavy atom. The molecule has 0 fully saturated rings. The molecule has 0 saturated carbocycles. The second-order valence-electron chi connectivity index (χ2n) is 6.60. The first kappa shape index (κ1) is 19.0. The lowest BCUT2D eigenvalue weighted by Gasteiger charge is -2.06. The van der Waals surface area contributed by atoms with E-state index in [1.807, 2.05) is 43.3 Å². The Morgan fingerprint density at radius 3 is 2.20 bits per heavy atom. The molecule has 4 N–H and O–H groups in total. The molecule has 150 valence electrons. The summed E-state index contributed by atoms with van der Waals surface area (Å²) in [6, 6.07) is 19.1. The molecule has 2 heterocycles. The van der Waals surface area contributed by atoms with Crippen LogP contribution in [0.2, 0.25) is 0 Å². The van der Waals surface area contributed by atoms with Crippen molar-refractivity contribution >= 4 is 23.3 Å². The lowest BCUT2D eigenvalue weighted by molar-refractivity contribution is 0.102. The molecule has 0 radical (unpaired) electrons. The first-order chi connectivity index (χ1) is 14.5. The summed E-state index contributed by atoms with van der Waals surface area (Å²) >= 11 is 0. The molecule has 0 unspecified atom stereocenters. The van der Waals surface area contributed by atoms with E-state index in [0.29, 0.717) is 28.4 Å². The number of furan rings is 1. The molecule has 0 saturated heterocycles. The monoisotopic (exact) mass is 401 g/mol.